The summed E-state index contributed by atoms with van der Waals surface area (Å²) in [6.45, 7) is 4.11. The molecule has 3 nitrogen and oxygen atoms in total. The Kier molecular flexibility index (Phi) is 4.99. The van der Waals surface area contributed by atoms with Gasteiger partial charge in [0.15, 0.2) is 5.78 Å². The first-order valence-corrected chi connectivity index (χ1v) is 7.22. The van der Waals surface area contributed by atoms with Crippen LogP contribution in [0.5, 0.6) is 5.75 Å². The molecular weight excluding hydrogens is 262 g/mol. The van der Waals surface area contributed by atoms with Crippen molar-refractivity contribution in [2.24, 2.45) is 0 Å². The Morgan fingerprint density at radius 3 is 2.48 bits per heavy atom. The molecule has 2 N–H and O–H groups in total. The molecule has 0 unspecified atom stereocenters. The van der Waals surface area contributed by atoms with Gasteiger partial charge in [-0.05, 0) is 31.0 Å². The van der Waals surface area contributed by atoms with Gasteiger partial charge >= 0.3 is 0 Å². The van der Waals surface area contributed by atoms with E-state index in [0.29, 0.717) is 17.9 Å². The van der Waals surface area contributed by atoms with E-state index in [1.54, 1.807) is 6.07 Å². The van der Waals surface area contributed by atoms with E-state index >= 15 is 0 Å². The third-order valence-corrected chi connectivity index (χ3v) is 3.43. The van der Waals surface area contributed by atoms with Gasteiger partial charge in [0.1, 0.15) is 12.4 Å². The first kappa shape index (κ1) is 15.1. The second-order valence-corrected chi connectivity index (χ2v) is 5.08. The molecule has 0 amide bonds. The van der Waals surface area contributed by atoms with Crippen LogP contribution in [0, 0.1) is 0 Å². The molecule has 0 aliphatic carbocycles. The normalized spacial score (nSPS) is 10.4. The quantitative estimate of drug-likeness (QED) is 0.644. The molecule has 0 spiro atoms. The summed E-state index contributed by atoms with van der Waals surface area (Å²) in [5.74, 6) is 0.752. The maximum Gasteiger partial charge on any atom is 0.161 e. The molecule has 0 radical (unpaired) electrons. The number of ketones is 1. The fraction of sp³-hybridized carbons (Fsp3) is 0.278. The molecule has 110 valence electrons. The van der Waals surface area contributed by atoms with Crippen LogP contribution in [0.15, 0.2) is 42.5 Å². The minimum atomic E-state index is -0.0144. The molecule has 21 heavy (non-hydrogen) atoms. The summed E-state index contributed by atoms with van der Waals surface area (Å²) in [7, 11) is 0. The van der Waals surface area contributed by atoms with Gasteiger partial charge in [-0.2, -0.15) is 0 Å². The van der Waals surface area contributed by atoms with Gasteiger partial charge in [0.2, 0.25) is 0 Å². The zero-order valence-corrected chi connectivity index (χ0v) is 12.6. The molecule has 2 aromatic carbocycles. The second-order valence-electron chi connectivity index (χ2n) is 5.08. The highest BCUT2D eigenvalue weighted by molar-refractivity contribution is 6.00. The third-order valence-electron chi connectivity index (χ3n) is 3.43. The summed E-state index contributed by atoms with van der Waals surface area (Å²) >= 11 is 0. The van der Waals surface area contributed by atoms with E-state index in [1.807, 2.05) is 36.4 Å². The lowest BCUT2D eigenvalue weighted by Crippen LogP contribution is -2.07. The monoisotopic (exact) mass is 283 g/mol. The minimum Gasteiger partial charge on any atom is -0.489 e. The van der Waals surface area contributed by atoms with Crippen molar-refractivity contribution in [3.05, 3.63) is 59.2 Å². The van der Waals surface area contributed by atoms with Crippen LogP contribution >= 0.6 is 0 Å². The van der Waals surface area contributed by atoms with Crippen molar-refractivity contribution in [2.75, 3.05) is 5.73 Å². The van der Waals surface area contributed by atoms with E-state index in [-0.39, 0.29) is 5.78 Å². The standard InChI is InChI=1S/C18H21NO2/c1-3-7-16-17(11-10-15(13(2)20)18(16)19)21-12-14-8-5-4-6-9-14/h4-6,8-11H,3,7,12,19H2,1-2H3. The number of anilines is 1. The fourth-order valence-electron chi connectivity index (χ4n) is 2.33. The lowest BCUT2D eigenvalue weighted by Gasteiger charge is -2.15. The Labute approximate surface area is 125 Å². The summed E-state index contributed by atoms with van der Waals surface area (Å²) < 4.78 is 5.90. The molecule has 3 heteroatoms. The average Bonchev–Trinajstić information content (AvgIpc) is 2.48. The minimum absolute atomic E-state index is 0.0144. The number of Topliss-reactive ketones (excluding diaryl/α,β-unsaturated/α-hetero) is 1. The molecule has 0 fully saturated rings. The summed E-state index contributed by atoms with van der Waals surface area (Å²) in [5.41, 5.74) is 9.30. The smallest absolute Gasteiger partial charge is 0.161 e. The Hall–Kier alpha value is -2.29. The number of hydrogen-bond donors (Lipinski definition) is 1. The van der Waals surface area contributed by atoms with Crippen LogP contribution in [0.4, 0.5) is 5.69 Å². The second kappa shape index (κ2) is 6.93. The number of benzene rings is 2. The Balaban J connectivity index is 2.26. The number of carbonyl (C=O) groups is 1. The highest BCUT2D eigenvalue weighted by Crippen LogP contribution is 2.30. The van der Waals surface area contributed by atoms with Crippen molar-refractivity contribution < 1.29 is 9.53 Å². The van der Waals surface area contributed by atoms with Gasteiger partial charge in [-0.15, -0.1) is 0 Å². The highest BCUT2D eigenvalue weighted by Gasteiger charge is 2.14. The number of ether oxygens (including phenoxy) is 1. The Morgan fingerprint density at radius 2 is 1.86 bits per heavy atom. The largest absolute Gasteiger partial charge is 0.489 e. The van der Waals surface area contributed by atoms with Crippen LogP contribution in [-0.4, -0.2) is 5.78 Å². The van der Waals surface area contributed by atoms with Crippen molar-refractivity contribution >= 4 is 11.5 Å². The lowest BCUT2D eigenvalue weighted by molar-refractivity contribution is 0.101. The van der Waals surface area contributed by atoms with Gasteiger partial charge in [0, 0.05) is 16.8 Å². The van der Waals surface area contributed by atoms with Crippen molar-refractivity contribution in [1.82, 2.24) is 0 Å². The molecule has 0 aliphatic heterocycles. The highest BCUT2D eigenvalue weighted by atomic mass is 16.5. The molecular formula is C18H21NO2. The van der Waals surface area contributed by atoms with Gasteiger partial charge in [-0.1, -0.05) is 43.7 Å². The lowest BCUT2D eigenvalue weighted by atomic mass is 10.0. The van der Waals surface area contributed by atoms with Crippen molar-refractivity contribution in [1.29, 1.82) is 0 Å². The molecule has 0 bridgehead atoms. The molecule has 0 heterocycles. The van der Waals surface area contributed by atoms with E-state index in [1.165, 1.54) is 6.92 Å². The van der Waals surface area contributed by atoms with Crippen LogP contribution in [0.2, 0.25) is 0 Å². The number of nitrogens with two attached hydrogens (primary N) is 1. The van der Waals surface area contributed by atoms with Gasteiger partial charge < -0.3 is 10.5 Å². The number of nitrogen functional groups attached to an aromatic ring is 1. The maximum absolute atomic E-state index is 11.6. The SMILES string of the molecule is CCCc1c(OCc2ccccc2)ccc(C(C)=O)c1N. The number of carbonyl (C=O) groups excluding carboxylic acids is 1. The van der Waals surface area contributed by atoms with Gasteiger partial charge in [-0.3, -0.25) is 4.79 Å². The predicted octanol–water partition coefficient (Wildman–Crippen LogP) is 4.00. The number of hydrogen-bond acceptors (Lipinski definition) is 3. The van der Waals surface area contributed by atoms with Crippen LogP contribution in [0.1, 0.15) is 41.8 Å². The van der Waals surface area contributed by atoms with Gasteiger partial charge in [-0.25, -0.2) is 0 Å². The molecule has 2 aromatic rings. The molecule has 2 rings (SSSR count). The summed E-state index contributed by atoms with van der Waals surface area (Å²) in [6.07, 6.45) is 1.75. The predicted molar refractivity (Wildman–Crippen MR) is 85.6 cm³/mol. The van der Waals surface area contributed by atoms with Crippen molar-refractivity contribution in [3.8, 4) is 5.75 Å². The van der Waals surface area contributed by atoms with Gasteiger partial charge in [0.25, 0.3) is 0 Å². The number of rotatable bonds is 6. The van der Waals surface area contributed by atoms with E-state index in [4.69, 9.17) is 10.5 Å². The summed E-state index contributed by atoms with van der Waals surface area (Å²) in [5, 5.41) is 0. The molecule has 0 saturated carbocycles. The Morgan fingerprint density at radius 1 is 1.14 bits per heavy atom. The molecule has 0 aromatic heterocycles. The topological polar surface area (TPSA) is 52.3 Å². The van der Waals surface area contributed by atoms with E-state index in [2.05, 4.69) is 6.92 Å². The Bertz CT molecular complexity index is 621. The van der Waals surface area contributed by atoms with E-state index in [9.17, 15) is 4.79 Å². The van der Waals surface area contributed by atoms with Crippen LogP contribution in [0.3, 0.4) is 0 Å². The van der Waals surface area contributed by atoms with Crippen LogP contribution in [-0.2, 0) is 13.0 Å². The molecule has 0 atom stereocenters. The molecule has 0 aliphatic rings. The first-order valence-electron chi connectivity index (χ1n) is 7.22. The van der Waals surface area contributed by atoms with Crippen LogP contribution in [0.25, 0.3) is 0 Å². The van der Waals surface area contributed by atoms with Crippen LogP contribution < -0.4 is 10.5 Å². The van der Waals surface area contributed by atoms with Crippen molar-refractivity contribution in [2.45, 2.75) is 33.3 Å². The zero-order chi connectivity index (χ0) is 15.2. The molecule has 0 saturated heterocycles. The average molecular weight is 283 g/mol. The van der Waals surface area contributed by atoms with Crippen molar-refractivity contribution in [3.63, 3.8) is 0 Å². The fourth-order valence-corrected chi connectivity index (χ4v) is 2.33. The van der Waals surface area contributed by atoms with E-state index < -0.39 is 0 Å². The summed E-state index contributed by atoms with van der Waals surface area (Å²) in [4.78, 5) is 11.6. The maximum atomic E-state index is 11.6. The van der Waals surface area contributed by atoms with E-state index in [0.717, 1.165) is 29.7 Å². The summed E-state index contributed by atoms with van der Waals surface area (Å²) in [6, 6.07) is 13.6. The zero-order valence-electron chi connectivity index (χ0n) is 12.6. The third kappa shape index (κ3) is 3.63. The first-order chi connectivity index (χ1) is 10.1. The van der Waals surface area contributed by atoms with Gasteiger partial charge in [0.05, 0.1) is 0 Å².